The Labute approximate surface area is 291 Å². The summed E-state index contributed by atoms with van der Waals surface area (Å²) in [5, 5.41) is 52.1. The average molecular weight is 702 g/mol. The van der Waals surface area contributed by atoms with Gasteiger partial charge in [-0.1, -0.05) is 66.2 Å². The van der Waals surface area contributed by atoms with Gasteiger partial charge in [-0.15, -0.1) is 0 Å². The Morgan fingerprint density at radius 2 is 1.35 bits per heavy atom. The van der Waals surface area contributed by atoms with Gasteiger partial charge in [0.05, 0.1) is 19.3 Å². The Morgan fingerprint density at radius 3 is 1.94 bits per heavy atom. The van der Waals surface area contributed by atoms with Crippen molar-refractivity contribution in [2.24, 2.45) is 5.73 Å². The number of carbonyl (C=O) groups excluding carboxylic acids is 1. The first-order chi connectivity index (χ1) is 23.5. The highest BCUT2D eigenvalue weighted by atomic mass is 35.5. The smallest absolute Gasteiger partial charge is 0.348 e. The monoisotopic (exact) mass is 701 g/mol. The summed E-state index contributed by atoms with van der Waals surface area (Å²) in [4.78, 5) is 25.0. The normalized spacial score (nSPS) is 14.4. The molecule has 3 rings (SSSR count). The number of carbonyl (C=O) groups is 1. The van der Waals surface area contributed by atoms with E-state index in [-0.39, 0.29) is 35.0 Å². The largest absolute Gasteiger partial charge is 0.394 e. The van der Waals surface area contributed by atoms with Crippen molar-refractivity contribution >= 4 is 35.1 Å². The Bertz CT molecular complexity index is 1470. The number of rotatable bonds is 20. The highest BCUT2D eigenvalue weighted by molar-refractivity contribution is 6.31. The van der Waals surface area contributed by atoms with Gasteiger partial charge in [-0.25, -0.2) is 20.1 Å². The van der Waals surface area contributed by atoms with Crippen molar-refractivity contribution in [2.45, 2.75) is 69.4 Å². The Morgan fingerprint density at radius 1 is 0.796 bits per heavy atom. The number of nitrogens with zero attached hydrogens (tertiary/aromatic N) is 3. The highest BCUT2D eigenvalue weighted by Crippen LogP contribution is 2.17. The molecule has 268 valence electrons. The lowest BCUT2D eigenvalue weighted by Crippen LogP contribution is -2.79. The summed E-state index contributed by atoms with van der Waals surface area (Å²) in [6.45, 7) is 1.30. The van der Waals surface area contributed by atoms with Crippen LogP contribution < -0.4 is 27.5 Å². The summed E-state index contributed by atoms with van der Waals surface area (Å²) in [7, 11) is 0. The molecule has 0 saturated heterocycles. The fourth-order valence-corrected chi connectivity index (χ4v) is 5.40. The molecule has 1 heterocycles. The second kappa shape index (κ2) is 20.6. The summed E-state index contributed by atoms with van der Waals surface area (Å²) in [5.74, 6) is -0.818. The van der Waals surface area contributed by atoms with E-state index in [1.807, 2.05) is 18.2 Å². The Balaban J connectivity index is 1.42. The van der Waals surface area contributed by atoms with Crippen LogP contribution in [0, 0.1) is 0 Å². The molecule has 0 aliphatic rings. The SMILES string of the molecule is NC(NC(=O)c1nc(Cl)c(N)nc1N)=[NH+]CCCCc1ccc(CCCN(CCCc2ccccc2)CC(O)C(O)C(O)C(O)CO)cc1. The molecule has 1 aromatic heterocycles. The number of nitrogens with two attached hydrogens (primary N) is 3. The number of nitrogens with one attached hydrogen (secondary N) is 2. The van der Waals surface area contributed by atoms with Crippen LogP contribution in [0.2, 0.25) is 5.15 Å². The molecule has 0 aliphatic carbocycles. The molecule has 15 heteroatoms. The molecule has 0 saturated carbocycles. The van der Waals surface area contributed by atoms with Crippen LogP contribution >= 0.6 is 11.6 Å². The lowest BCUT2D eigenvalue weighted by molar-refractivity contribution is -0.460. The molecule has 13 N–H and O–H groups in total. The molecule has 0 aliphatic heterocycles. The topological polar surface area (TPSA) is 251 Å². The molecular formula is C34H50ClN8O6+. The number of halogens is 1. The van der Waals surface area contributed by atoms with E-state index < -0.39 is 36.9 Å². The molecule has 2 aromatic carbocycles. The van der Waals surface area contributed by atoms with Crippen LogP contribution in [0.3, 0.4) is 0 Å². The zero-order chi connectivity index (χ0) is 35.8. The number of anilines is 2. The van der Waals surface area contributed by atoms with Crippen LogP contribution in [-0.4, -0.2) is 109 Å². The fraction of sp³-hybridized carbons (Fsp3) is 0.471. The minimum Gasteiger partial charge on any atom is -0.394 e. The lowest BCUT2D eigenvalue weighted by Gasteiger charge is -2.30. The summed E-state index contributed by atoms with van der Waals surface area (Å²) in [6.07, 6.45) is -0.127. The van der Waals surface area contributed by atoms with Crippen molar-refractivity contribution in [3.63, 3.8) is 0 Å². The van der Waals surface area contributed by atoms with Crippen molar-refractivity contribution in [1.82, 2.24) is 20.2 Å². The number of guanidine groups is 1. The number of amides is 1. The van der Waals surface area contributed by atoms with E-state index in [2.05, 4.69) is 61.6 Å². The van der Waals surface area contributed by atoms with E-state index in [1.165, 1.54) is 16.7 Å². The van der Waals surface area contributed by atoms with Crippen molar-refractivity contribution in [3.05, 3.63) is 82.1 Å². The van der Waals surface area contributed by atoms with Gasteiger partial charge in [0, 0.05) is 6.54 Å². The molecule has 3 aromatic rings. The van der Waals surface area contributed by atoms with E-state index in [9.17, 15) is 25.2 Å². The van der Waals surface area contributed by atoms with Gasteiger partial charge in [-0.3, -0.25) is 10.7 Å². The number of aliphatic hydroxyl groups is 5. The van der Waals surface area contributed by atoms with E-state index in [0.717, 1.165) is 44.9 Å². The predicted octanol–water partition coefficient (Wildman–Crippen LogP) is -1.25. The van der Waals surface area contributed by atoms with Gasteiger partial charge in [-0.05, 0) is 74.7 Å². The van der Waals surface area contributed by atoms with Gasteiger partial charge in [0.15, 0.2) is 22.5 Å². The third-order valence-electron chi connectivity index (χ3n) is 8.09. The van der Waals surface area contributed by atoms with Crippen molar-refractivity contribution in [3.8, 4) is 0 Å². The minimum absolute atomic E-state index is 0.0574. The molecule has 1 amide bonds. The Hall–Kier alpha value is -3.89. The Kier molecular flexibility index (Phi) is 16.6. The van der Waals surface area contributed by atoms with Gasteiger partial charge in [0.25, 0.3) is 0 Å². The second-order valence-electron chi connectivity index (χ2n) is 12.0. The van der Waals surface area contributed by atoms with Gasteiger partial charge < -0.3 is 41.9 Å². The fourth-order valence-electron chi connectivity index (χ4n) is 5.27. The number of aromatic nitrogens is 2. The summed E-state index contributed by atoms with van der Waals surface area (Å²) in [5.41, 5.74) is 20.6. The van der Waals surface area contributed by atoms with Crippen LogP contribution in [0.5, 0.6) is 0 Å². The standard InChI is InChI=1S/C34H49ClN8O6/c35-30-32(37)41-31(36)27(40-30)33(49)42-34(38)39-17-5-4-10-23-13-15-24(16-14-23)12-7-19-43(18-6-11-22-8-2-1-3-9-22)20-25(45)28(47)29(48)26(46)21-44/h1-3,8-9,13-16,25-26,28-29,44-48H,4-7,10-12,17-21H2,(H4,36,37,41)(H3,38,39,42,49)/p+1. The van der Waals surface area contributed by atoms with E-state index in [4.69, 9.17) is 33.9 Å². The number of nitrogen functional groups attached to an aromatic ring is 2. The third-order valence-corrected chi connectivity index (χ3v) is 8.37. The molecule has 49 heavy (non-hydrogen) atoms. The maximum atomic E-state index is 12.4. The summed E-state index contributed by atoms with van der Waals surface area (Å²) >= 11 is 5.83. The van der Waals surface area contributed by atoms with Crippen molar-refractivity contribution < 1.29 is 35.3 Å². The van der Waals surface area contributed by atoms with Crippen molar-refractivity contribution in [2.75, 3.05) is 44.3 Å². The maximum Gasteiger partial charge on any atom is 0.348 e. The van der Waals surface area contributed by atoms with Crippen LogP contribution in [0.4, 0.5) is 11.6 Å². The molecule has 0 spiro atoms. The predicted molar refractivity (Wildman–Crippen MR) is 188 cm³/mol. The minimum atomic E-state index is -1.65. The van der Waals surface area contributed by atoms with Gasteiger partial charge in [0.2, 0.25) is 0 Å². The van der Waals surface area contributed by atoms with E-state index >= 15 is 0 Å². The van der Waals surface area contributed by atoms with Crippen LogP contribution in [0.25, 0.3) is 0 Å². The first-order valence-electron chi connectivity index (χ1n) is 16.4. The lowest BCUT2D eigenvalue weighted by atomic mass is 10.0. The summed E-state index contributed by atoms with van der Waals surface area (Å²) in [6, 6.07) is 18.6. The zero-order valence-corrected chi connectivity index (χ0v) is 28.3. The first kappa shape index (κ1) is 39.5. The molecule has 0 bridgehead atoms. The first-order valence-corrected chi connectivity index (χ1v) is 16.8. The van der Waals surface area contributed by atoms with Gasteiger partial charge in [0.1, 0.15) is 18.3 Å². The van der Waals surface area contributed by atoms with Crippen LogP contribution in [0.1, 0.15) is 52.9 Å². The van der Waals surface area contributed by atoms with Gasteiger partial charge >= 0.3 is 11.9 Å². The number of hydrogen-bond donors (Lipinski definition) is 10. The number of hydrogen-bond acceptors (Lipinski definition) is 11. The molecule has 0 radical (unpaired) electrons. The second-order valence-corrected chi connectivity index (χ2v) is 12.4. The van der Waals surface area contributed by atoms with E-state index in [1.54, 1.807) is 0 Å². The number of unbranched alkanes of at least 4 members (excludes halogenated alkanes) is 1. The molecular weight excluding hydrogens is 652 g/mol. The van der Waals surface area contributed by atoms with Crippen LogP contribution in [0.15, 0.2) is 54.6 Å². The van der Waals surface area contributed by atoms with E-state index in [0.29, 0.717) is 19.6 Å². The molecule has 14 nitrogen and oxygen atoms in total. The highest BCUT2D eigenvalue weighted by Gasteiger charge is 2.31. The average Bonchev–Trinajstić information content (AvgIpc) is 3.09. The molecule has 0 fully saturated rings. The third kappa shape index (κ3) is 13.5. The number of aryl methyl sites for hydroxylation is 3. The molecule has 4 atom stereocenters. The maximum absolute atomic E-state index is 12.4. The van der Waals surface area contributed by atoms with Gasteiger partial charge in [-0.2, -0.15) is 0 Å². The number of aliphatic hydroxyl groups excluding tert-OH is 5. The van der Waals surface area contributed by atoms with Crippen LogP contribution in [-0.2, 0) is 19.3 Å². The van der Waals surface area contributed by atoms with Crippen molar-refractivity contribution in [1.29, 1.82) is 0 Å². The quantitative estimate of drug-likeness (QED) is 0.0377. The number of benzene rings is 2. The zero-order valence-electron chi connectivity index (χ0n) is 27.6. The summed E-state index contributed by atoms with van der Waals surface area (Å²) < 4.78 is 0. The molecule has 4 unspecified atom stereocenters.